The lowest BCUT2D eigenvalue weighted by molar-refractivity contribution is -0.155. The van der Waals surface area contributed by atoms with Crippen molar-refractivity contribution < 1.29 is 42.9 Å². The molecule has 5 rings (SSSR count). The minimum Gasteiger partial charge on any atom is -0.491 e. The van der Waals surface area contributed by atoms with Crippen molar-refractivity contribution >= 4 is 41.5 Å². The molecule has 3 aromatic rings. The number of aromatic nitrogens is 2. The number of nitrogens with one attached hydrogen (secondary N) is 2. The molecule has 0 spiro atoms. The van der Waals surface area contributed by atoms with Gasteiger partial charge in [-0.1, -0.05) is 11.6 Å². The van der Waals surface area contributed by atoms with Crippen LogP contribution in [0.15, 0.2) is 36.5 Å². The predicted molar refractivity (Wildman–Crippen MR) is 167 cm³/mol. The Morgan fingerprint density at radius 2 is 1.72 bits per heavy atom. The number of rotatable bonds is 7. The molecule has 0 unspecified atom stereocenters. The van der Waals surface area contributed by atoms with Crippen LogP contribution in [0, 0.1) is 11.6 Å². The number of carbonyl (C=O) groups is 4. The average molecular weight is 677 g/mol. The second kappa shape index (κ2) is 15.3. The highest BCUT2D eigenvalue weighted by atomic mass is 35.5. The highest BCUT2D eigenvalue weighted by Crippen LogP contribution is 2.31. The lowest BCUT2D eigenvalue weighted by Crippen LogP contribution is -2.59. The standard InChI is InChI=1S/C30H33ClF2N6O5.CH2O2/c1-3-44-23-7-6-20(24(32)25(23)33)22-17-35-26(37(22)2)27(40)36-18-4-5-19(21(31)16-18)28(41)38-12-14-39(15-13-38)29(42)30(43)8-10-34-11-9-30;2-1-3/h4-7,16-17,34,43H,3,8-15H2,1-2H3,(H,36,40);1H,(H,2,3). The fourth-order valence-electron chi connectivity index (χ4n) is 5.45. The molecule has 0 bridgehead atoms. The van der Waals surface area contributed by atoms with Gasteiger partial charge in [-0.25, -0.2) is 9.37 Å². The Labute approximate surface area is 274 Å². The summed E-state index contributed by atoms with van der Waals surface area (Å²) in [6, 6.07) is 7.12. The molecular weight excluding hydrogens is 642 g/mol. The molecule has 2 aliphatic heterocycles. The van der Waals surface area contributed by atoms with Gasteiger partial charge in [0.15, 0.2) is 17.4 Å². The maximum Gasteiger partial charge on any atom is 0.291 e. The smallest absolute Gasteiger partial charge is 0.291 e. The van der Waals surface area contributed by atoms with E-state index in [-0.39, 0.29) is 71.4 Å². The van der Waals surface area contributed by atoms with Crippen molar-refractivity contribution in [3.8, 4) is 17.0 Å². The predicted octanol–water partition coefficient (Wildman–Crippen LogP) is 2.77. The summed E-state index contributed by atoms with van der Waals surface area (Å²) in [7, 11) is 1.50. The number of halogens is 3. The van der Waals surface area contributed by atoms with Gasteiger partial charge in [0.25, 0.3) is 24.2 Å². The van der Waals surface area contributed by atoms with Gasteiger partial charge in [-0.15, -0.1) is 0 Å². The first-order chi connectivity index (χ1) is 22.4. The largest absolute Gasteiger partial charge is 0.491 e. The number of anilines is 1. The van der Waals surface area contributed by atoms with Crippen LogP contribution in [0.2, 0.25) is 5.02 Å². The third-order valence-electron chi connectivity index (χ3n) is 7.95. The van der Waals surface area contributed by atoms with E-state index in [9.17, 15) is 28.3 Å². The quantitative estimate of drug-likeness (QED) is 0.275. The van der Waals surface area contributed by atoms with Gasteiger partial charge < -0.3 is 40.0 Å². The molecule has 2 fully saturated rings. The second-order valence-corrected chi connectivity index (χ2v) is 11.2. The number of hydrogen-bond donors (Lipinski definition) is 4. The minimum absolute atomic E-state index is 0.0634. The van der Waals surface area contributed by atoms with Crippen molar-refractivity contribution in [2.24, 2.45) is 7.05 Å². The molecule has 2 aliphatic rings. The molecule has 47 heavy (non-hydrogen) atoms. The molecule has 0 saturated carbocycles. The van der Waals surface area contributed by atoms with E-state index >= 15 is 0 Å². The number of hydrogen-bond acceptors (Lipinski definition) is 8. The maximum absolute atomic E-state index is 14.8. The Bertz CT molecular complexity index is 1640. The van der Waals surface area contributed by atoms with Crippen molar-refractivity contribution in [3.63, 3.8) is 0 Å². The molecule has 4 N–H and O–H groups in total. The van der Waals surface area contributed by atoms with Gasteiger partial charge in [-0.05, 0) is 63.2 Å². The summed E-state index contributed by atoms with van der Waals surface area (Å²) < 4.78 is 35.6. The van der Waals surface area contributed by atoms with Crippen molar-refractivity contribution in [2.45, 2.75) is 25.4 Å². The summed E-state index contributed by atoms with van der Waals surface area (Å²) in [5, 5.41) is 23.6. The number of amides is 3. The molecule has 2 aromatic carbocycles. The van der Waals surface area contributed by atoms with Gasteiger partial charge in [0.05, 0.1) is 29.1 Å². The number of piperidine rings is 1. The van der Waals surface area contributed by atoms with E-state index in [1.54, 1.807) is 16.7 Å². The fourth-order valence-corrected chi connectivity index (χ4v) is 5.71. The van der Waals surface area contributed by atoms with Crippen LogP contribution < -0.4 is 15.4 Å². The van der Waals surface area contributed by atoms with Crippen LogP contribution in [-0.4, -0.2) is 105 Å². The first-order valence-corrected chi connectivity index (χ1v) is 15.2. The van der Waals surface area contributed by atoms with Gasteiger partial charge in [0.1, 0.15) is 5.60 Å². The van der Waals surface area contributed by atoms with Crippen LogP contribution in [0.4, 0.5) is 14.5 Å². The first-order valence-electron chi connectivity index (χ1n) is 14.8. The summed E-state index contributed by atoms with van der Waals surface area (Å²) in [6.45, 7) is 3.89. The zero-order valence-corrected chi connectivity index (χ0v) is 26.5. The summed E-state index contributed by atoms with van der Waals surface area (Å²) in [5.41, 5.74) is -0.752. The topological polar surface area (TPSA) is 166 Å². The van der Waals surface area contributed by atoms with Crippen molar-refractivity contribution in [1.82, 2.24) is 24.7 Å². The SMILES string of the molecule is CCOc1ccc(-c2cnc(C(=O)Nc3ccc(C(=O)N4CCN(C(=O)C5(O)CCNCC5)CC4)c(Cl)c3)n2C)c(F)c1F.O=CO. The Balaban J connectivity index is 0.00000160. The number of carboxylic acid groups (broad SMARTS) is 1. The van der Waals surface area contributed by atoms with E-state index in [4.69, 9.17) is 26.2 Å². The fraction of sp³-hybridized carbons (Fsp3) is 0.387. The van der Waals surface area contributed by atoms with E-state index in [2.05, 4.69) is 15.6 Å². The second-order valence-electron chi connectivity index (χ2n) is 10.8. The Morgan fingerprint density at radius 3 is 2.34 bits per heavy atom. The zero-order valence-electron chi connectivity index (χ0n) is 25.8. The van der Waals surface area contributed by atoms with Gasteiger partial charge in [0.2, 0.25) is 5.82 Å². The molecule has 0 aliphatic carbocycles. The molecular formula is C31H35ClF2N6O7. The summed E-state index contributed by atoms with van der Waals surface area (Å²) in [6.07, 6.45) is 1.97. The van der Waals surface area contributed by atoms with Crippen LogP contribution in [0.1, 0.15) is 40.7 Å². The molecule has 1 aromatic heterocycles. The van der Waals surface area contributed by atoms with E-state index in [1.165, 1.54) is 48.1 Å². The van der Waals surface area contributed by atoms with Crippen LogP contribution in [0.3, 0.4) is 0 Å². The molecule has 252 valence electrons. The highest BCUT2D eigenvalue weighted by Gasteiger charge is 2.41. The van der Waals surface area contributed by atoms with Crippen LogP contribution in [0.25, 0.3) is 11.3 Å². The molecule has 2 saturated heterocycles. The number of benzene rings is 2. The van der Waals surface area contributed by atoms with Gasteiger partial charge in [-0.3, -0.25) is 19.2 Å². The lowest BCUT2D eigenvalue weighted by Gasteiger charge is -2.40. The molecule has 3 heterocycles. The normalized spacial score (nSPS) is 15.7. The molecule has 3 amide bonds. The van der Waals surface area contributed by atoms with Crippen LogP contribution in [-0.2, 0) is 16.6 Å². The van der Waals surface area contributed by atoms with Crippen LogP contribution >= 0.6 is 11.6 Å². The van der Waals surface area contributed by atoms with E-state index < -0.39 is 23.1 Å². The number of ether oxygens (including phenoxy) is 1. The molecule has 0 atom stereocenters. The summed E-state index contributed by atoms with van der Waals surface area (Å²) in [4.78, 5) is 54.8. The summed E-state index contributed by atoms with van der Waals surface area (Å²) >= 11 is 6.44. The number of nitrogens with zero attached hydrogens (tertiary/aromatic N) is 4. The monoisotopic (exact) mass is 676 g/mol. The van der Waals surface area contributed by atoms with E-state index in [0.717, 1.165) is 0 Å². The third kappa shape index (κ3) is 7.69. The highest BCUT2D eigenvalue weighted by molar-refractivity contribution is 6.34. The third-order valence-corrected chi connectivity index (χ3v) is 8.27. The molecule has 16 heteroatoms. The Hall–Kier alpha value is -4.60. The minimum atomic E-state index is -1.37. The first kappa shape index (κ1) is 35.3. The van der Waals surface area contributed by atoms with Crippen molar-refractivity contribution in [3.05, 3.63) is 64.6 Å². The van der Waals surface area contributed by atoms with E-state index in [0.29, 0.717) is 44.7 Å². The summed E-state index contributed by atoms with van der Waals surface area (Å²) in [5.74, 6) is -3.78. The van der Waals surface area contributed by atoms with Crippen molar-refractivity contribution in [1.29, 1.82) is 0 Å². The Kier molecular flexibility index (Phi) is 11.5. The number of piperazine rings is 1. The van der Waals surface area contributed by atoms with E-state index in [1.807, 2.05) is 0 Å². The lowest BCUT2D eigenvalue weighted by atomic mass is 9.90. The number of imidazole rings is 1. The van der Waals surface area contributed by atoms with Gasteiger partial charge >= 0.3 is 0 Å². The maximum atomic E-state index is 14.8. The van der Waals surface area contributed by atoms with Crippen molar-refractivity contribution in [2.75, 3.05) is 51.2 Å². The zero-order chi connectivity index (χ0) is 34.3. The average Bonchev–Trinajstić information content (AvgIpc) is 3.44. The van der Waals surface area contributed by atoms with Gasteiger partial charge in [-0.2, -0.15) is 4.39 Å². The molecule has 0 radical (unpaired) electrons. The van der Waals surface area contributed by atoms with Gasteiger partial charge in [0, 0.05) is 44.5 Å². The van der Waals surface area contributed by atoms with Crippen LogP contribution in [0.5, 0.6) is 5.75 Å². The molecule has 13 nitrogen and oxygen atoms in total. The number of aliphatic hydroxyl groups is 1. The number of carbonyl (C=O) groups excluding carboxylic acids is 3. The Morgan fingerprint density at radius 1 is 1.09 bits per heavy atom.